The van der Waals surface area contributed by atoms with Gasteiger partial charge >= 0.3 is 0 Å². The highest BCUT2D eigenvalue weighted by molar-refractivity contribution is 6.00. The Balaban J connectivity index is 1.67. The van der Waals surface area contributed by atoms with Crippen LogP contribution < -0.4 is 5.32 Å². The van der Waals surface area contributed by atoms with Gasteiger partial charge in [-0.3, -0.25) is 9.59 Å². The van der Waals surface area contributed by atoms with Gasteiger partial charge in [-0.05, 0) is 31.2 Å². The summed E-state index contributed by atoms with van der Waals surface area (Å²) in [7, 11) is 1.50. The van der Waals surface area contributed by atoms with Gasteiger partial charge in [-0.15, -0.1) is 0 Å². The Hall–Kier alpha value is -3.16. The molecule has 0 spiro atoms. The first kappa shape index (κ1) is 15.7. The van der Waals surface area contributed by atoms with Gasteiger partial charge in [-0.1, -0.05) is 5.16 Å². The molecule has 0 aliphatic rings. The second kappa shape index (κ2) is 6.15. The van der Waals surface area contributed by atoms with Crippen molar-refractivity contribution >= 4 is 28.5 Å². The first-order valence-corrected chi connectivity index (χ1v) is 7.19. The molecule has 124 valence electrons. The molecule has 3 aromatic rings. The molecular weight excluding hydrogens is 315 g/mol. The molecule has 2 N–H and O–H groups in total. The fraction of sp³-hybridized carbons (Fsp3) is 0.188. The summed E-state index contributed by atoms with van der Waals surface area (Å²) in [4.78, 5) is 28.5. The van der Waals surface area contributed by atoms with Crippen molar-refractivity contribution in [3.8, 4) is 0 Å². The van der Waals surface area contributed by atoms with Gasteiger partial charge < -0.3 is 19.7 Å². The lowest BCUT2D eigenvalue weighted by Crippen LogP contribution is -2.35. The summed E-state index contributed by atoms with van der Waals surface area (Å²) in [5, 5.41) is 6.78. The van der Waals surface area contributed by atoms with Crippen molar-refractivity contribution in [1.29, 1.82) is 0 Å². The minimum atomic E-state index is -0.402. The molecule has 7 nitrogen and oxygen atoms in total. The molecule has 0 saturated carbocycles. The van der Waals surface area contributed by atoms with Gasteiger partial charge in [0.05, 0.1) is 6.54 Å². The van der Waals surface area contributed by atoms with Crippen LogP contribution in [-0.4, -0.2) is 40.4 Å². The van der Waals surface area contributed by atoms with E-state index in [1.807, 2.05) is 0 Å². The van der Waals surface area contributed by atoms with Crippen LogP contribution in [0.25, 0.3) is 10.9 Å². The highest BCUT2D eigenvalue weighted by Gasteiger charge is 2.18. The molecule has 0 aliphatic carbocycles. The number of fused-ring (bicyclic) bond motifs is 1. The lowest BCUT2D eigenvalue weighted by molar-refractivity contribution is -0.116. The third-order valence-electron chi connectivity index (χ3n) is 3.44. The fourth-order valence-corrected chi connectivity index (χ4v) is 2.32. The summed E-state index contributed by atoms with van der Waals surface area (Å²) in [6.07, 6.45) is 0. The summed E-state index contributed by atoms with van der Waals surface area (Å²) in [6.45, 7) is 1.55. The van der Waals surface area contributed by atoms with Crippen LogP contribution in [0.5, 0.6) is 0 Å². The summed E-state index contributed by atoms with van der Waals surface area (Å²) in [5.74, 6) is -0.296. The van der Waals surface area contributed by atoms with Crippen LogP contribution in [0.3, 0.4) is 0 Å². The number of likely N-dealkylation sites (N-methyl/N-ethyl adjacent to an activating group) is 1. The highest BCUT2D eigenvalue weighted by atomic mass is 19.1. The number of carbonyl (C=O) groups excluding carboxylic acids is 2. The van der Waals surface area contributed by atoms with E-state index in [9.17, 15) is 14.0 Å². The zero-order valence-corrected chi connectivity index (χ0v) is 13.1. The number of aromatic nitrogens is 2. The lowest BCUT2D eigenvalue weighted by Gasteiger charge is -2.15. The Labute approximate surface area is 136 Å². The number of H-pyrrole nitrogens is 1. The van der Waals surface area contributed by atoms with Gasteiger partial charge in [0.1, 0.15) is 17.3 Å². The molecule has 0 saturated heterocycles. The number of nitrogens with one attached hydrogen (secondary N) is 2. The molecule has 0 bridgehead atoms. The lowest BCUT2D eigenvalue weighted by atomic mass is 10.2. The second-order valence-electron chi connectivity index (χ2n) is 5.45. The van der Waals surface area contributed by atoms with Crippen LogP contribution in [-0.2, 0) is 4.79 Å². The van der Waals surface area contributed by atoms with Crippen LogP contribution in [0.15, 0.2) is 34.9 Å². The number of aromatic amines is 1. The number of nitrogens with zero attached hydrogens (tertiary/aromatic N) is 2. The van der Waals surface area contributed by atoms with Gasteiger partial charge in [0.25, 0.3) is 5.91 Å². The van der Waals surface area contributed by atoms with Gasteiger partial charge in [0, 0.05) is 24.0 Å². The topological polar surface area (TPSA) is 91.2 Å². The van der Waals surface area contributed by atoms with E-state index >= 15 is 0 Å². The number of hydrogen-bond donors (Lipinski definition) is 2. The SMILES string of the molecule is Cc1cc(NC(=O)CN(C)C(=O)c2cc3cc(F)ccc3[nH]2)no1. The molecule has 2 amide bonds. The number of anilines is 1. The van der Waals surface area contributed by atoms with Crippen LogP contribution in [0.4, 0.5) is 10.2 Å². The van der Waals surface area contributed by atoms with Crippen LogP contribution >= 0.6 is 0 Å². The van der Waals surface area contributed by atoms with E-state index in [2.05, 4.69) is 15.5 Å². The number of amides is 2. The van der Waals surface area contributed by atoms with E-state index < -0.39 is 5.91 Å². The molecule has 8 heteroatoms. The summed E-state index contributed by atoms with van der Waals surface area (Å²) >= 11 is 0. The monoisotopic (exact) mass is 330 g/mol. The van der Waals surface area contributed by atoms with Crippen molar-refractivity contribution in [2.45, 2.75) is 6.92 Å². The van der Waals surface area contributed by atoms with Crippen LogP contribution in [0.2, 0.25) is 0 Å². The third-order valence-corrected chi connectivity index (χ3v) is 3.44. The third kappa shape index (κ3) is 3.27. The quantitative estimate of drug-likeness (QED) is 0.768. The van der Waals surface area contributed by atoms with E-state index in [0.717, 1.165) is 0 Å². The van der Waals surface area contributed by atoms with Crippen LogP contribution in [0, 0.1) is 12.7 Å². The van der Waals surface area contributed by atoms with E-state index in [4.69, 9.17) is 4.52 Å². The van der Waals surface area contributed by atoms with Crippen molar-refractivity contribution in [2.24, 2.45) is 0 Å². The maximum atomic E-state index is 13.2. The number of hydrogen-bond acceptors (Lipinski definition) is 4. The summed E-state index contributed by atoms with van der Waals surface area (Å²) in [6, 6.07) is 7.33. The van der Waals surface area contributed by atoms with Crippen molar-refractivity contribution in [2.75, 3.05) is 18.9 Å². The van der Waals surface area contributed by atoms with Crippen molar-refractivity contribution < 1.29 is 18.5 Å². The minimum Gasteiger partial charge on any atom is -0.360 e. The van der Waals surface area contributed by atoms with Crippen molar-refractivity contribution in [1.82, 2.24) is 15.0 Å². The molecule has 0 atom stereocenters. The molecule has 2 heterocycles. The summed E-state index contributed by atoms with van der Waals surface area (Å²) in [5.41, 5.74) is 0.929. The number of carbonyl (C=O) groups is 2. The zero-order chi connectivity index (χ0) is 17.3. The van der Waals surface area contributed by atoms with Crippen molar-refractivity contribution in [3.63, 3.8) is 0 Å². The van der Waals surface area contributed by atoms with E-state index in [1.165, 1.54) is 24.1 Å². The van der Waals surface area contributed by atoms with Crippen molar-refractivity contribution in [3.05, 3.63) is 47.6 Å². The molecule has 0 radical (unpaired) electrons. The zero-order valence-electron chi connectivity index (χ0n) is 13.1. The second-order valence-corrected chi connectivity index (χ2v) is 5.45. The Kier molecular flexibility index (Phi) is 4.03. The molecular formula is C16H15FN4O3. The van der Waals surface area contributed by atoms with Gasteiger partial charge in [0.15, 0.2) is 5.82 Å². The molecule has 0 unspecified atom stereocenters. The minimum absolute atomic E-state index is 0.158. The van der Waals surface area contributed by atoms with E-state index in [1.54, 1.807) is 25.1 Å². The summed E-state index contributed by atoms with van der Waals surface area (Å²) < 4.78 is 18.1. The Bertz CT molecular complexity index is 915. The molecule has 1 aromatic carbocycles. The molecule has 2 aromatic heterocycles. The number of rotatable bonds is 4. The Morgan fingerprint density at radius 1 is 1.33 bits per heavy atom. The average Bonchev–Trinajstić information content (AvgIpc) is 3.11. The molecule has 24 heavy (non-hydrogen) atoms. The Morgan fingerprint density at radius 2 is 2.12 bits per heavy atom. The first-order valence-electron chi connectivity index (χ1n) is 7.19. The molecule has 0 fully saturated rings. The first-order chi connectivity index (χ1) is 11.4. The smallest absolute Gasteiger partial charge is 0.270 e. The normalized spacial score (nSPS) is 10.8. The largest absolute Gasteiger partial charge is 0.360 e. The van der Waals surface area contributed by atoms with Gasteiger partial charge in [0.2, 0.25) is 5.91 Å². The average molecular weight is 330 g/mol. The van der Waals surface area contributed by atoms with E-state index in [0.29, 0.717) is 22.5 Å². The van der Waals surface area contributed by atoms with E-state index in [-0.39, 0.29) is 24.0 Å². The Morgan fingerprint density at radius 3 is 2.83 bits per heavy atom. The maximum Gasteiger partial charge on any atom is 0.270 e. The highest BCUT2D eigenvalue weighted by Crippen LogP contribution is 2.17. The van der Waals surface area contributed by atoms with Crippen LogP contribution in [0.1, 0.15) is 16.2 Å². The number of aryl methyl sites for hydroxylation is 1. The molecule has 3 rings (SSSR count). The number of benzene rings is 1. The predicted molar refractivity (Wildman–Crippen MR) is 85.1 cm³/mol. The predicted octanol–water partition coefficient (Wildman–Crippen LogP) is 2.31. The van der Waals surface area contributed by atoms with Gasteiger partial charge in [-0.2, -0.15) is 0 Å². The maximum absolute atomic E-state index is 13.2. The standard InChI is InChI=1S/C16H15FN4O3/c1-9-5-14(20-24-9)19-15(22)8-21(2)16(23)13-7-10-6-11(17)3-4-12(10)18-13/h3-7,18H,8H2,1-2H3,(H,19,20,22). The fourth-order valence-electron chi connectivity index (χ4n) is 2.32. The van der Waals surface area contributed by atoms with Gasteiger partial charge in [-0.25, -0.2) is 4.39 Å². The molecule has 0 aliphatic heterocycles. The number of halogens is 1.